The van der Waals surface area contributed by atoms with E-state index in [9.17, 15) is 0 Å². The summed E-state index contributed by atoms with van der Waals surface area (Å²) in [6, 6.07) is 3.77. The summed E-state index contributed by atoms with van der Waals surface area (Å²) in [5.74, 6) is 1.18. The fourth-order valence-electron chi connectivity index (χ4n) is 1.85. The molecular weight excluding hydrogens is 268 g/mol. The van der Waals surface area contributed by atoms with Gasteiger partial charge in [-0.1, -0.05) is 29.8 Å². The van der Waals surface area contributed by atoms with Gasteiger partial charge in [-0.25, -0.2) is 4.98 Å². The molecule has 0 aliphatic rings. The van der Waals surface area contributed by atoms with Gasteiger partial charge >= 0.3 is 0 Å². The third-order valence-corrected chi connectivity index (χ3v) is 3.29. The summed E-state index contributed by atoms with van der Waals surface area (Å²) in [6.45, 7) is 4.28. The maximum Gasteiger partial charge on any atom is 0.198 e. The highest BCUT2D eigenvalue weighted by molar-refractivity contribution is 9.10. The number of rotatable bonds is 3. The molecule has 0 atom stereocenters. The Morgan fingerprint density at radius 2 is 2.06 bits per heavy atom. The van der Waals surface area contributed by atoms with Crippen molar-refractivity contribution in [2.24, 2.45) is 0 Å². The molecule has 0 saturated carbocycles. The minimum Gasteiger partial charge on any atom is -0.438 e. The average Bonchev–Trinajstić information content (AvgIpc) is 2.63. The molecule has 1 aromatic heterocycles. The number of halogens is 1. The minimum atomic E-state index is 0.380. The second kappa shape index (κ2) is 4.45. The minimum absolute atomic E-state index is 0.380. The van der Waals surface area contributed by atoms with E-state index in [0.29, 0.717) is 17.2 Å². The van der Waals surface area contributed by atoms with E-state index in [1.807, 2.05) is 12.1 Å². The van der Waals surface area contributed by atoms with Crippen molar-refractivity contribution in [3.63, 3.8) is 0 Å². The molecule has 3 nitrogen and oxygen atoms in total. The van der Waals surface area contributed by atoms with Crippen molar-refractivity contribution in [1.29, 1.82) is 0 Å². The smallest absolute Gasteiger partial charge is 0.198 e. The molecule has 0 unspecified atom stereocenters. The zero-order valence-electron chi connectivity index (χ0n) is 9.46. The highest BCUT2D eigenvalue weighted by Gasteiger charge is 2.16. The van der Waals surface area contributed by atoms with Crippen LogP contribution in [0.25, 0.3) is 11.1 Å². The number of benzene rings is 1. The first-order valence-electron chi connectivity index (χ1n) is 5.51. The highest BCUT2D eigenvalue weighted by atomic mass is 79.9. The Morgan fingerprint density at radius 3 is 2.69 bits per heavy atom. The van der Waals surface area contributed by atoms with Crippen molar-refractivity contribution in [2.75, 3.05) is 5.73 Å². The van der Waals surface area contributed by atoms with Gasteiger partial charge in [-0.3, -0.25) is 0 Å². The van der Waals surface area contributed by atoms with Crippen molar-refractivity contribution in [3.8, 4) is 0 Å². The number of nitrogens with two attached hydrogens (primary N) is 1. The van der Waals surface area contributed by atoms with Gasteiger partial charge in [-0.2, -0.15) is 0 Å². The Kier molecular flexibility index (Phi) is 3.19. The Labute approximate surface area is 103 Å². The summed E-state index contributed by atoms with van der Waals surface area (Å²) in [6.07, 6.45) is 2.06. The van der Waals surface area contributed by atoms with E-state index in [2.05, 4.69) is 34.8 Å². The number of nitrogens with zero attached hydrogens (tertiary/aromatic N) is 1. The number of anilines is 1. The standard InChI is InChI=1S/C12H15BrN2O/c1-3-7(4-2)12-15-10-6-8(13)5-9(14)11(10)16-12/h5-7H,3-4,14H2,1-2H3. The zero-order chi connectivity index (χ0) is 11.7. The van der Waals surface area contributed by atoms with Crippen LogP contribution in [0, 0.1) is 0 Å². The molecule has 1 heterocycles. The maximum atomic E-state index is 5.89. The summed E-state index contributed by atoms with van der Waals surface area (Å²) in [4.78, 5) is 4.50. The van der Waals surface area contributed by atoms with Crippen LogP contribution in [0.5, 0.6) is 0 Å². The molecule has 0 bridgehead atoms. The molecule has 16 heavy (non-hydrogen) atoms. The molecule has 86 valence electrons. The van der Waals surface area contributed by atoms with Crippen molar-refractivity contribution in [1.82, 2.24) is 4.98 Å². The van der Waals surface area contributed by atoms with Gasteiger partial charge < -0.3 is 10.2 Å². The molecule has 0 saturated heterocycles. The predicted octanol–water partition coefficient (Wildman–Crippen LogP) is 4.08. The summed E-state index contributed by atoms with van der Waals surface area (Å²) in [5.41, 5.74) is 8.05. The number of aromatic nitrogens is 1. The fraction of sp³-hybridized carbons (Fsp3) is 0.417. The van der Waals surface area contributed by atoms with Crippen LogP contribution in [0.1, 0.15) is 38.5 Å². The van der Waals surface area contributed by atoms with Gasteiger partial charge in [0.2, 0.25) is 0 Å². The van der Waals surface area contributed by atoms with Gasteiger partial charge in [0.15, 0.2) is 11.5 Å². The summed E-state index contributed by atoms with van der Waals surface area (Å²) >= 11 is 3.40. The van der Waals surface area contributed by atoms with Crippen molar-refractivity contribution in [3.05, 3.63) is 22.5 Å². The monoisotopic (exact) mass is 282 g/mol. The quantitative estimate of drug-likeness (QED) is 0.863. The van der Waals surface area contributed by atoms with E-state index >= 15 is 0 Å². The molecule has 2 N–H and O–H groups in total. The maximum absolute atomic E-state index is 5.89. The molecule has 0 aliphatic carbocycles. The number of hydrogen-bond donors (Lipinski definition) is 1. The molecule has 0 fully saturated rings. The van der Waals surface area contributed by atoms with E-state index in [4.69, 9.17) is 10.2 Å². The van der Waals surface area contributed by atoms with Gasteiger partial charge in [0.05, 0.1) is 5.69 Å². The third kappa shape index (κ3) is 1.94. The summed E-state index contributed by atoms with van der Waals surface area (Å²) < 4.78 is 6.67. The SMILES string of the molecule is CCC(CC)c1nc2cc(Br)cc(N)c2o1. The van der Waals surface area contributed by atoms with Crippen LogP contribution in [0.4, 0.5) is 5.69 Å². The molecule has 1 aromatic carbocycles. The second-order valence-electron chi connectivity index (χ2n) is 3.91. The Bertz CT molecular complexity index is 503. The normalized spacial score (nSPS) is 11.5. The molecular formula is C12H15BrN2O. The van der Waals surface area contributed by atoms with E-state index in [1.165, 1.54) is 0 Å². The van der Waals surface area contributed by atoms with Crippen LogP contribution in [0.2, 0.25) is 0 Å². The summed E-state index contributed by atoms with van der Waals surface area (Å²) in [5, 5.41) is 0. The van der Waals surface area contributed by atoms with Crippen LogP contribution < -0.4 is 5.73 Å². The number of oxazole rings is 1. The molecule has 2 rings (SSSR count). The van der Waals surface area contributed by atoms with Crippen molar-refractivity contribution < 1.29 is 4.42 Å². The van der Waals surface area contributed by atoms with E-state index < -0.39 is 0 Å². The van der Waals surface area contributed by atoms with Crippen molar-refractivity contribution in [2.45, 2.75) is 32.6 Å². The lowest BCUT2D eigenvalue weighted by Gasteiger charge is -2.05. The van der Waals surface area contributed by atoms with Crippen LogP contribution in [0.15, 0.2) is 21.0 Å². The molecule has 0 spiro atoms. The molecule has 0 aliphatic heterocycles. The first-order chi connectivity index (χ1) is 7.65. The van der Waals surface area contributed by atoms with Crippen molar-refractivity contribution >= 4 is 32.7 Å². The van der Waals surface area contributed by atoms with Gasteiger partial charge in [-0.15, -0.1) is 0 Å². The lowest BCUT2D eigenvalue weighted by atomic mass is 10.0. The Morgan fingerprint density at radius 1 is 1.38 bits per heavy atom. The van der Waals surface area contributed by atoms with Gasteiger partial charge in [0.25, 0.3) is 0 Å². The van der Waals surface area contributed by atoms with Gasteiger partial charge in [0, 0.05) is 10.4 Å². The number of nitrogen functional groups attached to an aromatic ring is 1. The first-order valence-corrected chi connectivity index (χ1v) is 6.30. The van der Waals surface area contributed by atoms with Crippen LogP contribution in [0.3, 0.4) is 0 Å². The lowest BCUT2D eigenvalue weighted by Crippen LogP contribution is -1.94. The average molecular weight is 283 g/mol. The van der Waals surface area contributed by atoms with Gasteiger partial charge in [-0.05, 0) is 25.0 Å². The zero-order valence-corrected chi connectivity index (χ0v) is 11.0. The molecule has 2 aromatic rings. The number of fused-ring (bicyclic) bond motifs is 1. The lowest BCUT2D eigenvalue weighted by molar-refractivity contribution is 0.454. The first kappa shape index (κ1) is 11.5. The van der Waals surface area contributed by atoms with Crippen LogP contribution in [-0.2, 0) is 0 Å². The largest absolute Gasteiger partial charge is 0.438 e. The van der Waals surface area contributed by atoms with E-state index in [-0.39, 0.29) is 0 Å². The molecule has 4 heteroatoms. The second-order valence-corrected chi connectivity index (χ2v) is 4.82. The Hall–Kier alpha value is -1.03. The van der Waals surface area contributed by atoms with E-state index in [1.54, 1.807) is 0 Å². The van der Waals surface area contributed by atoms with Gasteiger partial charge in [0.1, 0.15) is 5.52 Å². The van der Waals surface area contributed by atoms with Crippen LogP contribution in [-0.4, -0.2) is 4.98 Å². The fourth-order valence-corrected chi connectivity index (χ4v) is 2.32. The predicted molar refractivity (Wildman–Crippen MR) is 69.4 cm³/mol. The summed E-state index contributed by atoms with van der Waals surface area (Å²) in [7, 11) is 0. The number of hydrogen-bond acceptors (Lipinski definition) is 3. The van der Waals surface area contributed by atoms with Crippen LogP contribution >= 0.6 is 15.9 Å². The van der Waals surface area contributed by atoms with E-state index in [0.717, 1.165) is 28.7 Å². The Balaban J connectivity index is 2.55. The highest BCUT2D eigenvalue weighted by Crippen LogP contribution is 2.31. The third-order valence-electron chi connectivity index (χ3n) is 2.83. The molecule has 0 amide bonds. The topological polar surface area (TPSA) is 52.0 Å². The molecule has 0 radical (unpaired) electrons.